The molecule has 8 atom stereocenters. The lowest BCUT2D eigenvalue weighted by atomic mass is 9.65. The quantitative estimate of drug-likeness (QED) is 0.281. The maximum Gasteiger partial charge on any atom is 0.263 e. The first-order chi connectivity index (χ1) is 26.3. The highest BCUT2D eigenvalue weighted by atomic mass is 35.5. The second kappa shape index (κ2) is 17.6. The zero-order valence-corrected chi connectivity index (χ0v) is 33.7. The molecule has 2 N–H and O–H groups in total. The van der Waals surface area contributed by atoms with E-state index in [1.165, 1.54) is 56.3 Å². The number of hydrogen-bond donors (Lipinski definition) is 2. The van der Waals surface area contributed by atoms with Gasteiger partial charge in [0.2, 0.25) is 0 Å². The van der Waals surface area contributed by atoms with E-state index in [1.807, 2.05) is 18.2 Å². The third-order valence-corrected chi connectivity index (χ3v) is 15.3. The second-order valence-electron chi connectivity index (χ2n) is 16.7. The number of anilines is 1. The first-order valence-corrected chi connectivity index (χ1v) is 21.9. The van der Waals surface area contributed by atoms with Crippen LogP contribution < -0.4 is 14.4 Å². The monoisotopic (exact) mass is 778 g/mol. The van der Waals surface area contributed by atoms with Crippen molar-refractivity contribution >= 4 is 40.5 Å². The molecule has 9 nitrogen and oxygen atoms in total. The van der Waals surface area contributed by atoms with Gasteiger partial charge in [-0.2, -0.15) is 0 Å². The van der Waals surface area contributed by atoms with Crippen LogP contribution in [0.4, 0.5) is 5.69 Å². The van der Waals surface area contributed by atoms with Gasteiger partial charge in [-0.25, -0.2) is 4.21 Å². The van der Waals surface area contributed by atoms with E-state index < -0.39 is 16.2 Å². The van der Waals surface area contributed by atoms with Crippen LogP contribution in [0, 0.1) is 23.7 Å². The lowest BCUT2D eigenvalue weighted by Crippen LogP contribution is -2.56. The number of piperazine rings is 1. The van der Waals surface area contributed by atoms with Crippen LogP contribution in [0.1, 0.15) is 86.2 Å². The lowest BCUT2D eigenvalue weighted by Gasteiger charge is -2.48. The normalized spacial score (nSPS) is 33.6. The highest BCUT2D eigenvalue weighted by Gasteiger charge is 2.45. The SMILES string of the molecule is CC1C/C=C/C(CN2CCN3CCCCC3C2)C2CCC2CN2CC3(CCCc4cc(Cl)ccc43)COc3ccc(cc32)C(=O)NS(=O)C1CC=O.CO. The van der Waals surface area contributed by atoms with E-state index in [0.29, 0.717) is 36.0 Å². The Morgan fingerprint density at radius 3 is 2.74 bits per heavy atom. The summed E-state index contributed by atoms with van der Waals surface area (Å²) in [6.07, 6.45) is 16.0. The number of nitrogens with one attached hydrogen (secondary N) is 1. The molecule has 1 spiro atoms. The van der Waals surface area contributed by atoms with Gasteiger partial charge in [0.05, 0.1) is 17.5 Å². The van der Waals surface area contributed by atoms with Crippen molar-refractivity contribution in [1.29, 1.82) is 0 Å². The number of aliphatic hydroxyl groups is 1. The fourth-order valence-electron chi connectivity index (χ4n) is 10.4. The number of amides is 1. The van der Waals surface area contributed by atoms with Gasteiger partial charge < -0.3 is 19.5 Å². The molecule has 2 bridgehead atoms. The molecule has 3 fully saturated rings. The number of fused-ring (bicyclic) bond motifs is 5. The van der Waals surface area contributed by atoms with Gasteiger partial charge in [-0.1, -0.05) is 43.2 Å². The van der Waals surface area contributed by atoms with Gasteiger partial charge in [0, 0.05) is 74.8 Å². The Hall–Kier alpha value is -2.76. The molecule has 8 unspecified atom stereocenters. The predicted octanol–water partition coefficient (Wildman–Crippen LogP) is 6.18. The summed E-state index contributed by atoms with van der Waals surface area (Å²) in [7, 11) is -0.715. The first kappa shape index (κ1) is 39.5. The summed E-state index contributed by atoms with van der Waals surface area (Å²) in [5.74, 6) is 1.87. The number of piperidine rings is 1. The van der Waals surface area contributed by atoms with E-state index in [-0.39, 0.29) is 23.7 Å². The van der Waals surface area contributed by atoms with Gasteiger partial charge >= 0.3 is 0 Å². The Bertz CT molecular complexity index is 1710. The number of hydrogen-bond acceptors (Lipinski definition) is 8. The average molecular weight is 779 g/mol. The van der Waals surface area contributed by atoms with Crippen molar-refractivity contribution in [3.63, 3.8) is 0 Å². The number of aryl methyl sites for hydroxylation is 1. The van der Waals surface area contributed by atoms with Crippen molar-refractivity contribution < 1.29 is 23.6 Å². The van der Waals surface area contributed by atoms with E-state index in [4.69, 9.17) is 21.4 Å². The van der Waals surface area contributed by atoms with Gasteiger partial charge in [-0.15, -0.1) is 0 Å². The smallest absolute Gasteiger partial charge is 0.263 e. The minimum Gasteiger partial charge on any atom is -0.490 e. The number of allylic oxidation sites excluding steroid dienone is 1. The minimum absolute atomic E-state index is 0.0283. The molecule has 0 radical (unpaired) electrons. The van der Waals surface area contributed by atoms with Crippen molar-refractivity contribution in [3.8, 4) is 5.75 Å². The highest BCUT2D eigenvalue weighted by molar-refractivity contribution is 7.84. The number of nitrogens with zero attached hydrogens (tertiary/aromatic N) is 3. The van der Waals surface area contributed by atoms with Crippen LogP contribution >= 0.6 is 11.6 Å². The van der Waals surface area contributed by atoms with E-state index >= 15 is 0 Å². The van der Waals surface area contributed by atoms with Crippen molar-refractivity contribution in [2.75, 3.05) is 64.4 Å². The molecular weight excluding hydrogens is 720 g/mol. The lowest BCUT2D eigenvalue weighted by molar-refractivity contribution is -0.108. The zero-order valence-electron chi connectivity index (χ0n) is 32.1. The van der Waals surface area contributed by atoms with Gasteiger partial charge in [-0.05, 0) is 123 Å². The molecule has 1 saturated carbocycles. The molecule has 2 aliphatic carbocycles. The van der Waals surface area contributed by atoms with Crippen LogP contribution in [0.2, 0.25) is 5.02 Å². The number of halogens is 1. The van der Waals surface area contributed by atoms with Gasteiger partial charge in [-0.3, -0.25) is 19.3 Å². The van der Waals surface area contributed by atoms with Crippen molar-refractivity contribution in [2.24, 2.45) is 23.7 Å². The second-order valence-corrected chi connectivity index (χ2v) is 18.5. The fourth-order valence-corrected chi connectivity index (χ4v) is 11.9. The number of rotatable bonds is 4. The molecule has 54 heavy (non-hydrogen) atoms. The molecule has 8 rings (SSSR count). The summed E-state index contributed by atoms with van der Waals surface area (Å²) >= 11 is 6.51. The summed E-state index contributed by atoms with van der Waals surface area (Å²) in [6, 6.07) is 12.7. The molecule has 294 valence electrons. The maximum absolute atomic E-state index is 13.7. The largest absolute Gasteiger partial charge is 0.490 e. The standard InChI is InChI=1S/C42H55ClN4O4S.CH4O/c1-29-6-4-7-32(24-45-19-20-46-18-3-2-9-35(46)26-45)36-13-10-33(36)25-47-27-42(17-5-8-30-22-34(43)12-14-37(30)42)28-51-39-15-11-31(23-38(39)47)41(49)44-52(50)40(29)16-21-48;1-2/h4,7,11-12,14-15,21-23,29,32-33,35-36,40H,2-3,5-6,8-10,13,16-20,24-28H2,1H3,(H,44,49);2H,1H3/b7-4+;. The number of aliphatic hydroxyl groups excluding tert-OH is 1. The Morgan fingerprint density at radius 1 is 1.06 bits per heavy atom. The molecule has 4 aliphatic heterocycles. The van der Waals surface area contributed by atoms with Crippen molar-refractivity contribution in [2.45, 2.75) is 87.8 Å². The van der Waals surface area contributed by atoms with Crippen LogP contribution in [0.25, 0.3) is 0 Å². The number of aldehydes is 1. The molecule has 2 saturated heterocycles. The summed E-state index contributed by atoms with van der Waals surface area (Å²) in [5.41, 5.74) is 3.85. The van der Waals surface area contributed by atoms with Crippen molar-refractivity contribution in [3.05, 3.63) is 70.3 Å². The maximum atomic E-state index is 13.7. The van der Waals surface area contributed by atoms with Crippen LogP contribution in [-0.4, -0.2) is 102 Å². The number of ether oxygens (including phenoxy) is 1. The van der Waals surface area contributed by atoms with E-state index in [0.717, 1.165) is 88.3 Å². The number of carbonyl (C=O) groups is 2. The van der Waals surface area contributed by atoms with Crippen molar-refractivity contribution in [1.82, 2.24) is 14.5 Å². The Labute approximate surface area is 329 Å². The third kappa shape index (κ3) is 8.34. The third-order valence-electron chi connectivity index (χ3n) is 13.5. The Morgan fingerprint density at radius 2 is 1.93 bits per heavy atom. The number of benzene rings is 2. The molecule has 6 aliphatic rings. The van der Waals surface area contributed by atoms with Gasteiger partial charge in [0.25, 0.3) is 5.91 Å². The number of carbonyl (C=O) groups excluding carboxylic acids is 2. The minimum atomic E-state index is -1.71. The fraction of sp³-hybridized carbons (Fsp3) is 0.628. The Kier molecular flexibility index (Phi) is 12.9. The molecular formula is C43H59ClN4O5S. The van der Waals surface area contributed by atoms with Gasteiger partial charge in [0.1, 0.15) is 23.0 Å². The summed E-state index contributed by atoms with van der Waals surface area (Å²) < 4.78 is 23.2. The molecule has 2 aromatic carbocycles. The summed E-state index contributed by atoms with van der Waals surface area (Å²) in [5, 5.41) is 7.31. The predicted molar refractivity (Wildman–Crippen MR) is 217 cm³/mol. The van der Waals surface area contributed by atoms with Crippen LogP contribution in [0.15, 0.2) is 48.6 Å². The van der Waals surface area contributed by atoms with E-state index in [9.17, 15) is 13.8 Å². The first-order valence-electron chi connectivity index (χ1n) is 20.3. The average Bonchev–Trinajstić information content (AvgIpc) is 3.32. The topological polar surface area (TPSA) is 102 Å². The van der Waals surface area contributed by atoms with Gasteiger partial charge in [0.15, 0.2) is 0 Å². The van der Waals surface area contributed by atoms with E-state index in [1.54, 1.807) is 6.07 Å². The summed E-state index contributed by atoms with van der Waals surface area (Å²) in [4.78, 5) is 33.5. The summed E-state index contributed by atoms with van der Waals surface area (Å²) in [6.45, 7) is 10.1. The van der Waals surface area contributed by atoms with Crippen LogP contribution in [0.3, 0.4) is 0 Å². The molecule has 0 aromatic heterocycles. The molecule has 2 aromatic rings. The van der Waals surface area contributed by atoms with Crippen LogP contribution in [0.5, 0.6) is 5.75 Å². The van der Waals surface area contributed by atoms with E-state index in [2.05, 4.69) is 50.6 Å². The molecule has 1 amide bonds. The molecule has 11 heteroatoms. The Balaban J connectivity index is 0.00000221. The highest BCUT2D eigenvalue weighted by Crippen LogP contribution is 2.48. The van der Waals surface area contributed by atoms with Crippen LogP contribution in [-0.2, 0) is 27.6 Å². The zero-order chi connectivity index (χ0) is 37.8. The molecule has 4 heterocycles.